The summed E-state index contributed by atoms with van der Waals surface area (Å²) in [6.07, 6.45) is 1.60. The zero-order chi connectivity index (χ0) is 14.8. The second-order valence-electron chi connectivity index (χ2n) is 4.66. The van der Waals surface area contributed by atoms with Gasteiger partial charge in [-0.25, -0.2) is 9.97 Å². The lowest BCUT2D eigenvalue weighted by atomic mass is 10.1. The number of anilines is 1. The van der Waals surface area contributed by atoms with Crippen LogP contribution >= 0.6 is 0 Å². The summed E-state index contributed by atoms with van der Waals surface area (Å²) in [5, 5.41) is 3.54. The lowest BCUT2D eigenvalue weighted by Crippen LogP contribution is -2.24. The van der Waals surface area contributed by atoms with Crippen LogP contribution in [-0.2, 0) is 6.54 Å². The van der Waals surface area contributed by atoms with Crippen molar-refractivity contribution in [1.29, 1.82) is 0 Å². The standard InChI is InChI=1S/C15H14N4O2/c1-9-7-17-14(21-9)8-18-15(20)13-6-11(16)10-4-2-3-5-12(10)19-13/h2-7H,8H2,1H3,(H2,16,19)(H,18,20). The first-order valence-corrected chi connectivity index (χ1v) is 6.48. The van der Waals surface area contributed by atoms with E-state index in [0.717, 1.165) is 5.39 Å². The molecule has 2 heterocycles. The smallest absolute Gasteiger partial charge is 0.270 e. The lowest BCUT2D eigenvalue weighted by molar-refractivity contribution is 0.0942. The molecule has 0 spiro atoms. The van der Waals surface area contributed by atoms with Crippen LogP contribution < -0.4 is 11.1 Å². The number of aromatic nitrogens is 2. The molecule has 0 aliphatic carbocycles. The molecule has 1 aromatic carbocycles. The number of fused-ring (bicyclic) bond motifs is 1. The average molecular weight is 282 g/mol. The zero-order valence-electron chi connectivity index (χ0n) is 11.5. The minimum absolute atomic E-state index is 0.209. The van der Waals surface area contributed by atoms with Gasteiger partial charge in [-0.05, 0) is 19.1 Å². The highest BCUT2D eigenvalue weighted by Gasteiger charge is 2.11. The Bertz CT molecular complexity index is 810. The number of carbonyl (C=O) groups excluding carboxylic acids is 1. The number of rotatable bonds is 3. The summed E-state index contributed by atoms with van der Waals surface area (Å²) >= 11 is 0. The van der Waals surface area contributed by atoms with Crippen molar-refractivity contribution in [2.24, 2.45) is 0 Å². The average Bonchev–Trinajstić information content (AvgIpc) is 2.90. The lowest BCUT2D eigenvalue weighted by Gasteiger charge is -2.06. The summed E-state index contributed by atoms with van der Waals surface area (Å²) in [7, 11) is 0. The van der Waals surface area contributed by atoms with Crippen LogP contribution in [0.15, 0.2) is 40.9 Å². The predicted octanol–water partition coefficient (Wildman–Crippen LogP) is 2.04. The van der Waals surface area contributed by atoms with Crippen LogP contribution in [0.5, 0.6) is 0 Å². The zero-order valence-corrected chi connectivity index (χ0v) is 11.5. The minimum Gasteiger partial charge on any atom is -0.444 e. The molecule has 0 aliphatic rings. The van der Waals surface area contributed by atoms with E-state index >= 15 is 0 Å². The third-order valence-electron chi connectivity index (χ3n) is 3.05. The highest BCUT2D eigenvalue weighted by Crippen LogP contribution is 2.20. The number of oxazole rings is 1. The van der Waals surface area contributed by atoms with Gasteiger partial charge in [-0.3, -0.25) is 4.79 Å². The fourth-order valence-corrected chi connectivity index (χ4v) is 2.05. The molecule has 1 amide bonds. The molecule has 0 aliphatic heterocycles. The van der Waals surface area contributed by atoms with Gasteiger partial charge in [-0.15, -0.1) is 0 Å². The Morgan fingerprint density at radius 3 is 2.95 bits per heavy atom. The van der Waals surface area contributed by atoms with Crippen molar-refractivity contribution in [3.63, 3.8) is 0 Å². The van der Waals surface area contributed by atoms with Gasteiger partial charge in [0.05, 0.1) is 18.3 Å². The van der Waals surface area contributed by atoms with Gasteiger partial charge < -0.3 is 15.5 Å². The van der Waals surface area contributed by atoms with Crippen LogP contribution in [0.1, 0.15) is 22.1 Å². The highest BCUT2D eigenvalue weighted by molar-refractivity contribution is 5.99. The Balaban J connectivity index is 1.81. The van der Waals surface area contributed by atoms with Crippen LogP contribution in [0.2, 0.25) is 0 Å². The highest BCUT2D eigenvalue weighted by atomic mass is 16.4. The second-order valence-corrected chi connectivity index (χ2v) is 4.66. The molecule has 3 N–H and O–H groups in total. The molecule has 0 unspecified atom stereocenters. The second kappa shape index (κ2) is 5.24. The fourth-order valence-electron chi connectivity index (χ4n) is 2.05. The first-order valence-electron chi connectivity index (χ1n) is 6.48. The van der Waals surface area contributed by atoms with E-state index in [-0.39, 0.29) is 18.1 Å². The number of hydrogen-bond acceptors (Lipinski definition) is 5. The quantitative estimate of drug-likeness (QED) is 0.766. The molecular formula is C15H14N4O2. The molecule has 106 valence electrons. The van der Waals surface area contributed by atoms with Crippen molar-refractivity contribution in [3.8, 4) is 0 Å². The van der Waals surface area contributed by atoms with E-state index in [1.54, 1.807) is 19.2 Å². The summed E-state index contributed by atoms with van der Waals surface area (Å²) in [6, 6.07) is 8.99. The maximum absolute atomic E-state index is 12.1. The molecule has 21 heavy (non-hydrogen) atoms. The normalized spacial score (nSPS) is 10.7. The van der Waals surface area contributed by atoms with E-state index in [4.69, 9.17) is 10.2 Å². The van der Waals surface area contributed by atoms with Crippen molar-refractivity contribution in [2.75, 3.05) is 5.73 Å². The molecule has 6 heteroatoms. The van der Waals surface area contributed by atoms with E-state index in [0.29, 0.717) is 22.9 Å². The first kappa shape index (κ1) is 13.1. The number of hydrogen-bond donors (Lipinski definition) is 2. The van der Waals surface area contributed by atoms with Crippen molar-refractivity contribution in [2.45, 2.75) is 13.5 Å². The molecule has 0 fully saturated rings. The summed E-state index contributed by atoms with van der Waals surface area (Å²) in [5.41, 5.74) is 7.44. The van der Waals surface area contributed by atoms with E-state index in [9.17, 15) is 4.79 Å². The fraction of sp³-hybridized carbons (Fsp3) is 0.133. The summed E-state index contributed by atoms with van der Waals surface area (Å²) < 4.78 is 5.29. The Hall–Kier alpha value is -2.89. The largest absolute Gasteiger partial charge is 0.444 e. The topological polar surface area (TPSA) is 94.0 Å². The summed E-state index contributed by atoms with van der Waals surface area (Å²) in [6.45, 7) is 2.00. The van der Waals surface area contributed by atoms with Crippen molar-refractivity contribution in [3.05, 3.63) is 53.9 Å². The number of aryl methyl sites for hydroxylation is 1. The Morgan fingerprint density at radius 1 is 1.38 bits per heavy atom. The molecule has 0 bridgehead atoms. The Labute approximate surface area is 121 Å². The van der Waals surface area contributed by atoms with Crippen molar-refractivity contribution < 1.29 is 9.21 Å². The van der Waals surface area contributed by atoms with Crippen LogP contribution in [0.25, 0.3) is 10.9 Å². The number of pyridine rings is 1. The van der Waals surface area contributed by atoms with E-state index in [2.05, 4.69) is 15.3 Å². The molecule has 0 saturated carbocycles. The van der Waals surface area contributed by atoms with Crippen LogP contribution in [-0.4, -0.2) is 15.9 Å². The van der Waals surface area contributed by atoms with Gasteiger partial charge in [0, 0.05) is 11.1 Å². The van der Waals surface area contributed by atoms with Gasteiger partial charge in [-0.1, -0.05) is 18.2 Å². The van der Waals surface area contributed by atoms with Gasteiger partial charge in [0.2, 0.25) is 5.89 Å². The molecule has 0 saturated heterocycles. The first-order chi connectivity index (χ1) is 10.1. The number of para-hydroxylation sites is 1. The Kier molecular flexibility index (Phi) is 3.27. The number of nitrogens with one attached hydrogen (secondary N) is 1. The Morgan fingerprint density at radius 2 is 2.19 bits per heavy atom. The number of nitrogens with two attached hydrogens (primary N) is 1. The van der Waals surface area contributed by atoms with Gasteiger partial charge in [0.15, 0.2) is 0 Å². The number of benzene rings is 1. The number of nitrogen functional groups attached to an aromatic ring is 1. The summed E-state index contributed by atoms with van der Waals surface area (Å²) in [4.78, 5) is 20.5. The maximum Gasteiger partial charge on any atom is 0.270 e. The number of amides is 1. The van der Waals surface area contributed by atoms with Gasteiger partial charge in [-0.2, -0.15) is 0 Å². The van der Waals surface area contributed by atoms with E-state index in [1.165, 1.54) is 0 Å². The molecule has 3 rings (SSSR count). The minimum atomic E-state index is -0.316. The summed E-state index contributed by atoms with van der Waals surface area (Å²) in [5.74, 6) is 0.838. The molecule has 0 radical (unpaired) electrons. The van der Waals surface area contributed by atoms with Crippen LogP contribution in [0, 0.1) is 6.92 Å². The van der Waals surface area contributed by atoms with Gasteiger partial charge in [0.25, 0.3) is 5.91 Å². The molecule has 3 aromatic rings. The predicted molar refractivity (Wildman–Crippen MR) is 78.6 cm³/mol. The van der Waals surface area contributed by atoms with Crippen molar-refractivity contribution in [1.82, 2.24) is 15.3 Å². The van der Waals surface area contributed by atoms with E-state index in [1.807, 2.05) is 24.3 Å². The number of nitrogens with zero attached hydrogens (tertiary/aromatic N) is 2. The third-order valence-corrected chi connectivity index (χ3v) is 3.05. The monoisotopic (exact) mass is 282 g/mol. The van der Waals surface area contributed by atoms with Crippen LogP contribution in [0.4, 0.5) is 5.69 Å². The van der Waals surface area contributed by atoms with Gasteiger partial charge >= 0.3 is 0 Å². The number of carbonyl (C=O) groups is 1. The third kappa shape index (κ3) is 2.69. The molecule has 2 aromatic heterocycles. The molecule has 0 atom stereocenters. The molecule has 6 nitrogen and oxygen atoms in total. The van der Waals surface area contributed by atoms with Gasteiger partial charge in [0.1, 0.15) is 11.5 Å². The van der Waals surface area contributed by atoms with Crippen molar-refractivity contribution >= 4 is 22.5 Å². The SMILES string of the molecule is Cc1cnc(CNC(=O)c2cc(N)c3ccccc3n2)o1. The van der Waals surface area contributed by atoms with Crippen LogP contribution in [0.3, 0.4) is 0 Å². The van der Waals surface area contributed by atoms with E-state index < -0.39 is 0 Å². The maximum atomic E-state index is 12.1. The molecular weight excluding hydrogens is 268 g/mol.